The van der Waals surface area contributed by atoms with Gasteiger partial charge in [-0.1, -0.05) is 6.07 Å². The van der Waals surface area contributed by atoms with Gasteiger partial charge in [0.1, 0.15) is 0 Å². The number of nitrogens with zero attached hydrogens (tertiary/aromatic N) is 2. The number of carbonyl (C=O) groups is 1. The number of benzene rings is 1. The van der Waals surface area contributed by atoms with Crippen molar-refractivity contribution in [3.05, 3.63) is 23.8 Å². The SMILES string of the molecule is CN1CCN(c2cccc3c2OCC3=O)CC1. The lowest BCUT2D eigenvalue weighted by Gasteiger charge is -2.34. The molecule has 4 nitrogen and oxygen atoms in total. The van der Waals surface area contributed by atoms with Crippen LogP contribution >= 0.6 is 0 Å². The first-order valence-corrected chi connectivity index (χ1v) is 5.98. The number of piperazine rings is 1. The van der Waals surface area contributed by atoms with Crippen LogP contribution in [0.25, 0.3) is 0 Å². The van der Waals surface area contributed by atoms with Gasteiger partial charge in [0.25, 0.3) is 0 Å². The van der Waals surface area contributed by atoms with Gasteiger partial charge in [-0.3, -0.25) is 4.79 Å². The van der Waals surface area contributed by atoms with E-state index in [1.165, 1.54) is 0 Å². The molecule has 0 spiro atoms. The van der Waals surface area contributed by atoms with Crippen LogP contribution in [0.3, 0.4) is 0 Å². The summed E-state index contributed by atoms with van der Waals surface area (Å²) in [4.78, 5) is 16.2. The highest BCUT2D eigenvalue weighted by molar-refractivity contribution is 6.04. The van der Waals surface area contributed by atoms with Gasteiger partial charge in [0, 0.05) is 26.2 Å². The van der Waals surface area contributed by atoms with Gasteiger partial charge in [-0.15, -0.1) is 0 Å². The smallest absolute Gasteiger partial charge is 0.204 e. The lowest BCUT2D eigenvalue weighted by atomic mass is 10.1. The van der Waals surface area contributed by atoms with Crippen molar-refractivity contribution < 1.29 is 9.53 Å². The Morgan fingerprint density at radius 2 is 1.94 bits per heavy atom. The quantitative estimate of drug-likeness (QED) is 0.723. The van der Waals surface area contributed by atoms with E-state index in [9.17, 15) is 4.79 Å². The zero-order valence-electron chi connectivity index (χ0n) is 9.98. The molecule has 2 heterocycles. The van der Waals surface area contributed by atoms with E-state index in [0.717, 1.165) is 43.2 Å². The Balaban J connectivity index is 1.91. The van der Waals surface area contributed by atoms with Gasteiger partial charge in [-0.2, -0.15) is 0 Å². The fraction of sp³-hybridized carbons (Fsp3) is 0.462. The summed E-state index contributed by atoms with van der Waals surface area (Å²) in [5, 5.41) is 0. The lowest BCUT2D eigenvalue weighted by Crippen LogP contribution is -2.44. The van der Waals surface area contributed by atoms with Crippen molar-refractivity contribution in [1.82, 2.24) is 4.90 Å². The van der Waals surface area contributed by atoms with E-state index in [4.69, 9.17) is 4.74 Å². The van der Waals surface area contributed by atoms with Crippen molar-refractivity contribution in [2.45, 2.75) is 0 Å². The maximum absolute atomic E-state index is 11.6. The third kappa shape index (κ3) is 1.78. The number of ether oxygens (including phenoxy) is 1. The van der Waals surface area contributed by atoms with Crippen LogP contribution < -0.4 is 9.64 Å². The molecule has 1 aromatic rings. The average Bonchev–Trinajstić information content (AvgIpc) is 2.73. The normalized spacial score (nSPS) is 20.3. The summed E-state index contributed by atoms with van der Waals surface area (Å²) in [7, 11) is 2.13. The van der Waals surface area contributed by atoms with Crippen molar-refractivity contribution in [1.29, 1.82) is 0 Å². The zero-order chi connectivity index (χ0) is 11.8. The number of fused-ring (bicyclic) bond motifs is 1. The summed E-state index contributed by atoms with van der Waals surface area (Å²) >= 11 is 0. The van der Waals surface area contributed by atoms with Gasteiger partial charge in [-0.05, 0) is 19.2 Å². The van der Waals surface area contributed by atoms with Crippen LogP contribution in [0, 0.1) is 0 Å². The van der Waals surface area contributed by atoms with Crippen molar-refractivity contribution in [2.24, 2.45) is 0 Å². The summed E-state index contributed by atoms with van der Waals surface area (Å²) in [5.74, 6) is 0.873. The van der Waals surface area contributed by atoms with Crippen molar-refractivity contribution in [2.75, 3.05) is 44.7 Å². The molecule has 0 amide bonds. The molecule has 90 valence electrons. The second-order valence-corrected chi connectivity index (χ2v) is 4.66. The zero-order valence-corrected chi connectivity index (χ0v) is 9.98. The van der Waals surface area contributed by atoms with Crippen molar-refractivity contribution >= 4 is 11.5 Å². The molecule has 2 aliphatic rings. The van der Waals surface area contributed by atoms with E-state index in [-0.39, 0.29) is 12.4 Å². The standard InChI is InChI=1S/C13H16N2O2/c1-14-5-7-15(8-6-14)11-4-2-3-10-12(16)9-17-13(10)11/h2-4H,5-9H2,1H3. The monoisotopic (exact) mass is 232 g/mol. The topological polar surface area (TPSA) is 32.8 Å². The van der Waals surface area contributed by atoms with Crippen LogP contribution in [0.1, 0.15) is 10.4 Å². The largest absolute Gasteiger partial charge is 0.482 e. The number of ketones is 1. The van der Waals surface area contributed by atoms with Gasteiger partial charge in [0.2, 0.25) is 5.78 Å². The first-order valence-electron chi connectivity index (χ1n) is 5.98. The van der Waals surface area contributed by atoms with Crippen molar-refractivity contribution in [3.63, 3.8) is 0 Å². The van der Waals surface area contributed by atoms with E-state index >= 15 is 0 Å². The van der Waals surface area contributed by atoms with Gasteiger partial charge < -0.3 is 14.5 Å². The average molecular weight is 232 g/mol. The Labute approximate surface area is 101 Å². The van der Waals surface area contributed by atoms with Crippen LogP contribution in [-0.2, 0) is 0 Å². The number of para-hydroxylation sites is 1. The molecule has 0 unspecified atom stereocenters. The number of hydrogen-bond donors (Lipinski definition) is 0. The molecular weight excluding hydrogens is 216 g/mol. The molecule has 4 heteroatoms. The Morgan fingerprint density at radius 3 is 2.71 bits per heavy atom. The Hall–Kier alpha value is -1.55. The molecule has 1 fully saturated rings. The van der Waals surface area contributed by atoms with Crippen LogP contribution in [0.4, 0.5) is 5.69 Å². The summed E-state index contributed by atoms with van der Waals surface area (Å²) in [6, 6.07) is 5.84. The summed E-state index contributed by atoms with van der Waals surface area (Å²) in [6.07, 6.45) is 0. The molecule has 0 saturated carbocycles. The maximum Gasteiger partial charge on any atom is 0.204 e. The Bertz CT molecular complexity index is 451. The van der Waals surface area contributed by atoms with E-state index in [1.807, 2.05) is 18.2 Å². The molecule has 1 aromatic carbocycles. The van der Waals surface area contributed by atoms with Crippen molar-refractivity contribution in [3.8, 4) is 5.75 Å². The highest BCUT2D eigenvalue weighted by Crippen LogP contribution is 2.36. The molecule has 3 rings (SSSR count). The minimum absolute atomic E-state index is 0.0935. The molecule has 0 radical (unpaired) electrons. The number of likely N-dealkylation sites (N-methyl/N-ethyl adjacent to an activating group) is 1. The summed E-state index contributed by atoms with van der Waals surface area (Å²) in [5.41, 5.74) is 1.81. The predicted octanol–water partition coefficient (Wildman–Crippen LogP) is 1.01. The lowest BCUT2D eigenvalue weighted by molar-refractivity contribution is 0.0961. The van der Waals surface area contributed by atoms with E-state index in [2.05, 4.69) is 16.8 Å². The number of anilines is 1. The van der Waals surface area contributed by atoms with Gasteiger partial charge in [0.05, 0.1) is 11.3 Å². The third-order valence-electron chi connectivity index (χ3n) is 3.49. The fourth-order valence-corrected chi connectivity index (χ4v) is 2.41. The van der Waals surface area contributed by atoms with Crippen LogP contribution in [0.2, 0.25) is 0 Å². The minimum atomic E-state index is 0.0935. The van der Waals surface area contributed by atoms with E-state index in [1.54, 1.807) is 0 Å². The molecule has 0 N–H and O–H groups in total. The molecule has 1 saturated heterocycles. The first-order chi connectivity index (χ1) is 8.25. The van der Waals surface area contributed by atoms with Gasteiger partial charge >= 0.3 is 0 Å². The number of rotatable bonds is 1. The second-order valence-electron chi connectivity index (χ2n) is 4.66. The molecule has 2 aliphatic heterocycles. The van der Waals surface area contributed by atoms with E-state index in [0.29, 0.717) is 0 Å². The molecule has 0 atom stereocenters. The predicted molar refractivity (Wildman–Crippen MR) is 66.0 cm³/mol. The maximum atomic E-state index is 11.6. The highest BCUT2D eigenvalue weighted by atomic mass is 16.5. The molecule has 17 heavy (non-hydrogen) atoms. The van der Waals surface area contributed by atoms with Gasteiger partial charge in [-0.25, -0.2) is 0 Å². The molecule has 0 aliphatic carbocycles. The number of hydrogen-bond acceptors (Lipinski definition) is 4. The molecule has 0 bridgehead atoms. The number of Topliss-reactive ketones (excluding diaryl/α,β-unsaturated/α-hetero) is 1. The van der Waals surface area contributed by atoms with Crippen LogP contribution in [0.5, 0.6) is 5.75 Å². The second kappa shape index (κ2) is 4.04. The first kappa shape index (κ1) is 10.6. The molecule has 0 aromatic heterocycles. The summed E-state index contributed by atoms with van der Waals surface area (Å²) < 4.78 is 5.52. The Kier molecular flexibility index (Phi) is 2.52. The van der Waals surface area contributed by atoms with E-state index < -0.39 is 0 Å². The van der Waals surface area contributed by atoms with Crippen LogP contribution in [-0.4, -0.2) is 50.5 Å². The van der Waals surface area contributed by atoms with Gasteiger partial charge in [0.15, 0.2) is 12.4 Å². The summed E-state index contributed by atoms with van der Waals surface area (Å²) in [6.45, 7) is 4.28. The molecular formula is C13H16N2O2. The minimum Gasteiger partial charge on any atom is -0.482 e. The third-order valence-corrected chi connectivity index (χ3v) is 3.49. The fourth-order valence-electron chi connectivity index (χ4n) is 2.41. The highest BCUT2D eigenvalue weighted by Gasteiger charge is 2.26. The number of carbonyl (C=O) groups excluding carboxylic acids is 1. The van der Waals surface area contributed by atoms with Crippen LogP contribution in [0.15, 0.2) is 18.2 Å². The Morgan fingerprint density at radius 1 is 1.18 bits per heavy atom.